The monoisotopic (exact) mass is 322 g/mol. The Morgan fingerprint density at radius 3 is 2.65 bits per heavy atom. The second kappa shape index (κ2) is 6.22. The molecular weight excluding hydrogens is 296 g/mol. The van der Waals surface area contributed by atoms with Gasteiger partial charge in [0.25, 0.3) is 0 Å². The van der Waals surface area contributed by atoms with Crippen LogP contribution in [0.3, 0.4) is 0 Å². The third kappa shape index (κ3) is 3.00. The number of aromatic nitrogens is 2. The van der Waals surface area contributed by atoms with Crippen LogP contribution in [0.2, 0.25) is 0 Å². The van der Waals surface area contributed by atoms with Gasteiger partial charge in [-0.2, -0.15) is 0 Å². The number of amides is 1. The minimum atomic E-state index is -0.758. The van der Waals surface area contributed by atoms with E-state index in [-0.39, 0.29) is 17.9 Å². The van der Waals surface area contributed by atoms with Gasteiger partial charge >= 0.3 is 0 Å². The summed E-state index contributed by atoms with van der Waals surface area (Å²) >= 11 is 0. The van der Waals surface area contributed by atoms with E-state index < -0.39 is 11.6 Å². The number of nitrogens with two attached hydrogens (primary N) is 1. The third-order valence-corrected chi connectivity index (χ3v) is 5.34. The topological polar surface area (TPSA) is 93.6 Å². The van der Waals surface area contributed by atoms with Crippen LogP contribution in [0.15, 0.2) is 12.4 Å². The summed E-state index contributed by atoms with van der Waals surface area (Å²) < 4.78 is 7.07. The molecule has 7 heteroatoms. The number of aryl methyl sites for hydroxylation is 1. The molecule has 0 radical (unpaired) electrons. The maximum atomic E-state index is 12.6. The van der Waals surface area contributed by atoms with E-state index in [0.29, 0.717) is 31.8 Å². The van der Waals surface area contributed by atoms with Gasteiger partial charge in [0.2, 0.25) is 5.91 Å². The van der Waals surface area contributed by atoms with Gasteiger partial charge in [-0.3, -0.25) is 4.79 Å². The van der Waals surface area contributed by atoms with Crippen molar-refractivity contribution in [1.82, 2.24) is 14.5 Å². The van der Waals surface area contributed by atoms with Gasteiger partial charge < -0.3 is 25.0 Å². The Morgan fingerprint density at radius 2 is 2.13 bits per heavy atom. The lowest BCUT2D eigenvalue weighted by molar-refractivity contribution is -0.148. The lowest BCUT2D eigenvalue weighted by Crippen LogP contribution is -2.65. The van der Waals surface area contributed by atoms with Crippen LogP contribution in [-0.2, 0) is 16.6 Å². The largest absolute Gasteiger partial charge is 0.385 e. The SMILES string of the molecule is COC1CC(N)(C(=O)N2CCC(C(O)c3nccn3C)CC2)C1. The van der Waals surface area contributed by atoms with Crippen molar-refractivity contribution in [1.29, 1.82) is 0 Å². The smallest absolute Gasteiger partial charge is 0.242 e. The van der Waals surface area contributed by atoms with Crippen molar-refractivity contribution >= 4 is 5.91 Å². The number of aliphatic hydroxyl groups is 1. The summed E-state index contributed by atoms with van der Waals surface area (Å²) in [5, 5.41) is 10.5. The maximum absolute atomic E-state index is 12.6. The Kier molecular flexibility index (Phi) is 4.44. The number of methoxy groups -OCH3 is 1. The molecule has 1 atom stereocenters. The van der Waals surface area contributed by atoms with E-state index >= 15 is 0 Å². The van der Waals surface area contributed by atoms with Crippen molar-refractivity contribution < 1.29 is 14.6 Å². The summed E-state index contributed by atoms with van der Waals surface area (Å²) in [6.07, 6.45) is 5.77. The molecule has 1 saturated heterocycles. The van der Waals surface area contributed by atoms with Crippen LogP contribution in [0, 0.1) is 5.92 Å². The van der Waals surface area contributed by atoms with Gasteiger partial charge in [-0.05, 0) is 18.8 Å². The van der Waals surface area contributed by atoms with Crippen LogP contribution >= 0.6 is 0 Å². The lowest BCUT2D eigenvalue weighted by Gasteiger charge is -2.46. The summed E-state index contributed by atoms with van der Waals surface area (Å²) in [6.45, 7) is 1.28. The summed E-state index contributed by atoms with van der Waals surface area (Å²) in [5.41, 5.74) is 5.44. The van der Waals surface area contributed by atoms with E-state index in [1.54, 1.807) is 13.3 Å². The molecule has 128 valence electrons. The van der Waals surface area contributed by atoms with Crippen molar-refractivity contribution in [2.45, 2.75) is 43.4 Å². The second-order valence-electron chi connectivity index (χ2n) is 6.89. The molecular formula is C16H26N4O3. The third-order valence-electron chi connectivity index (χ3n) is 5.34. The number of carbonyl (C=O) groups excluding carboxylic acids is 1. The molecule has 3 rings (SSSR count). The van der Waals surface area contributed by atoms with E-state index in [9.17, 15) is 9.90 Å². The Balaban J connectivity index is 1.54. The molecule has 1 aliphatic carbocycles. The number of hydrogen-bond acceptors (Lipinski definition) is 5. The maximum Gasteiger partial charge on any atom is 0.242 e. The normalized spacial score (nSPS) is 30.1. The van der Waals surface area contributed by atoms with Crippen molar-refractivity contribution in [2.24, 2.45) is 18.7 Å². The quantitative estimate of drug-likeness (QED) is 0.826. The molecule has 0 aromatic carbocycles. The fourth-order valence-electron chi connectivity index (χ4n) is 3.70. The number of nitrogens with zero attached hydrogens (tertiary/aromatic N) is 3. The summed E-state index contributed by atoms with van der Waals surface area (Å²) in [5.74, 6) is 0.838. The standard InChI is InChI=1S/C16H26N4O3/c1-19-8-5-18-14(19)13(21)11-3-6-20(7-4-11)15(22)16(17)9-12(10-16)23-2/h5,8,11-13,21H,3-4,6-7,9-10,17H2,1-2H3. The molecule has 23 heavy (non-hydrogen) atoms. The van der Waals surface area contributed by atoms with E-state index in [0.717, 1.165) is 12.8 Å². The molecule has 2 heterocycles. The van der Waals surface area contributed by atoms with E-state index in [2.05, 4.69) is 4.98 Å². The molecule has 0 spiro atoms. The van der Waals surface area contributed by atoms with Crippen molar-refractivity contribution in [3.8, 4) is 0 Å². The number of hydrogen-bond donors (Lipinski definition) is 2. The van der Waals surface area contributed by atoms with Gasteiger partial charge in [0.15, 0.2) is 0 Å². The predicted molar refractivity (Wildman–Crippen MR) is 84.4 cm³/mol. The second-order valence-corrected chi connectivity index (χ2v) is 6.89. The van der Waals surface area contributed by atoms with Crippen LogP contribution in [0.25, 0.3) is 0 Å². The van der Waals surface area contributed by atoms with E-state index in [1.165, 1.54) is 0 Å². The van der Waals surface area contributed by atoms with Crippen molar-refractivity contribution in [3.05, 3.63) is 18.2 Å². The van der Waals surface area contributed by atoms with E-state index in [1.807, 2.05) is 22.7 Å². The van der Waals surface area contributed by atoms with Gasteiger partial charge in [-0.15, -0.1) is 0 Å². The van der Waals surface area contributed by atoms with Crippen LogP contribution in [0.4, 0.5) is 0 Å². The molecule has 1 aromatic heterocycles. The Labute approximate surface area is 136 Å². The van der Waals surface area contributed by atoms with Gasteiger partial charge in [0, 0.05) is 52.5 Å². The first kappa shape index (κ1) is 16.4. The van der Waals surface area contributed by atoms with Crippen molar-refractivity contribution in [3.63, 3.8) is 0 Å². The fraction of sp³-hybridized carbons (Fsp3) is 0.750. The number of carbonyl (C=O) groups is 1. The van der Waals surface area contributed by atoms with Crippen LogP contribution < -0.4 is 5.73 Å². The van der Waals surface area contributed by atoms with Crippen LogP contribution in [0.1, 0.15) is 37.6 Å². The molecule has 1 amide bonds. The zero-order valence-corrected chi connectivity index (χ0v) is 13.8. The molecule has 1 aromatic rings. The highest BCUT2D eigenvalue weighted by Gasteiger charge is 2.49. The van der Waals surface area contributed by atoms with Crippen molar-refractivity contribution in [2.75, 3.05) is 20.2 Å². The molecule has 2 fully saturated rings. The number of piperidine rings is 1. The first-order valence-electron chi connectivity index (χ1n) is 8.21. The first-order chi connectivity index (χ1) is 10.9. The zero-order chi connectivity index (χ0) is 16.6. The van der Waals surface area contributed by atoms with Gasteiger partial charge in [-0.25, -0.2) is 4.98 Å². The van der Waals surface area contributed by atoms with Crippen LogP contribution in [-0.4, -0.2) is 57.3 Å². The first-order valence-corrected chi connectivity index (χ1v) is 8.21. The molecule has 1 unspecified atom stereocenters. The number of ether oxygens (including phenoxy) is 1. The highest BCUT2D eigenvalue weighted by atomic mass is 16.5. The highest BCUT2D eigenvalue weighted by molar-refractivity contribution is 5.87. The molecule has 2 aliphatic rings. The lowest BCUT2D eigenvalue weighted by atomic mass is 9.73. The Hall–Kier alpha value is -1.44. The van der Waals surface area contributed by atoms with E-state index in [4.69, 9.17) is 10.5 Å². The molecule has 1 aliphatic heterocycles. The number of likely N-dealkylation sites (tertiary alicyclic amines) is 1. The zero-order valence-electron chi connectivity index (χ0n) is 13.8. The molecule has 3 N–H and O–H groups in total. The number of aliphatic hydroxyl groups excluding tert-OH is 1. The predicted octanol–water partition coefficient (Wildman–Crippen LogP) is 0.198. The van der Waals surface area contributed by atoms with Gasteiger partial charge in [0.05, 0.1) is 6.10 Å². The Morgan fingerprint density at radius 1 is 1.48 bits per heavy atom. The highest BCUT2D eigenvalue weighted by Crippen LogP contribution is 2.36. The number of imidazole rings is 1. The van der Waals surface area contributed by atoms with Gasteiger partial charge in [0.1, 0.15) is 17.5 Å². The minimum absolute atomic E-state index is 0.0238. The average molecular weight is 322 g/mol. The van der Waals surface area contributed by atoms with Crippen LogP contribution in [0.5, 0.6) is 0 Å². The van der Waals surface area contributed by atoms with Gasteiger partial charge in [-0.1, -0.05) is 0 Å². The molecule has 0 bridgehead atoms. The number of rotatable bonds is 4. The Bertz CT molecular complexity index is 559. The molecule has 7 nitrogen and oxygen atoms in total. The minimum Gasteiger partial charge on any atom is -0.385 e. The summed E-state index contributed by atoms with van der Waals surface area (Å²) in [4.78, 5) is 18.7. The molecule has 1 saturated carbocycles. The fourth-order valence-corrected chi connectivity index (χ4v) is 3.70. The summed E-state index contributed by atoms with van der Waals surface area (Å²) in [6, 6.07) is 0. The summed E-state index contributed by atoms with van der Waals surface area (Å²) in [7, 11) is 3.53. The average Bonchev–Trinajstić information content (AvgIpc) is 2.96.